The van der Waals surface area contributed by atoms with Gasteiger partial charge in [0.2, 0.25) is 11.9 Å². The minimum absolute atomic E-state index is 0.160. The molecule has 0 saturated carbocycles. The Balaban J connectivity index is 2.09. The van der Waals surface area contributed by atoms with Crippen LogP contribution in [0.15, 0.2) is 18.2 Å². The Morgan fingerprint density at radius 2 is 1.59 bits per heavy atom. The second-order valence-electron chi connectivity index (χ2n) is 4.21. The highest BCUT2D eigenvalue weighted by Crippen LogP contribution is 2.26. The Hall–Kier alpha value is -2.17. The van der Waals surface area contributed by atoms with Crippen molar-refractivity contribution >= 4 is 11.9 Å². The number of nitrogens with two attached hydrogens (primary N) is 2. The van der Waals surface area contributed by atoms with Crippen molar-refractivity contribution in [3.8, 4) is 11.4 Å². The number of hydrogen-bond donors (Lipinski definition) is 2. The molecule has 5 heteroatoms. The van der Waals surface area contributed by atoms with Gasteiger partial charge in [-0.15, -0.1) is 0 Å². The third-order valence-corrected chi connectivity index (χ3v) is 3.03. The summed E-state index contributed by atoms with van der Waals surface area (Å²) in [7, 11) is 0. The van der Waals surface area contributed by atoms with E-state index in [0.29, 0.717) is 5.82 Å². The van der Waals surface area contributed by atoms with E-state index in [2.05, 4.69) is 27.1 Å². The number of aryl methyl sites for hydroxylation is 2. The number of anilines is 2. The van der Waals surface area contributed by atoms with Crippen molar-refractivity contribution in [2.24, 2.45) is 0 Å². The maximum absolute atomic E-state index is 5.57. The minimum atomic E-state index is 0.160. The van der Waals surface area contributed by atoms with Gasteiger partial charge in [-0.1, -0.05) is 12.1 Å². The van der Waals surface area contributed by atoms with Crippen molar-refractivity contribution in [2.45, 2.75) is 19.3 Å². The molecule has 0 radical (unpaired) electrons. The monoisotopic (exact) mass is 227 g/mol. The highest BCUT2D eigenvalue weighted by atomic mass is 15.1. The first kappa shape index (κ1) is 10.0. The van der Waals surface area contributed by atoms with Crippen LogP contribution >= 0.6 is 0 Å². The summed E-state index contributed by atoms with van der Waals surface area (Å²) < 4.78 is 0. The summed E-state index contributed by atoms with van der Waals surface area (Å²) >= 11 is 0. The van der Waals surface area contributed by atoms with Crippen LogP contribution in [0.2, 0.25) is 0 Å². The van der Waals surface area contributed by atoms with E-state index < -0.39 is 0 Å². The van der Waals surface area contributed by atoms with E-state index in [4.69, 9.17) is 11.5 Å². The predicted molar refractivity (Wildman–Crippen MR) is 66.1 cm³/mol. The number of nitrogen functional groups attached to an aromatic ring is 2. The Bertz CT molecular complexity index is 559. The first-order valence-electron chi connectivity index (χ1n) is 5.61. The van der Waals surface area contributed by atoms with E-state index in [1.807, 2.05) is 6.07 Å². The van der Waals surface area contributed by atoms with E-state index in [-0.39, 0.29) is 11.9 Å². The summed E-state index contributed by atoms with van der Waals surface area (Å²) in [6.45, 7) is 0. The van der Waals surface area contributed by atoms with E-state index >= 15 is 0 Å². The smallest absolute Gasteiger partial charge is 0.225 e. The summed E-state index contributed by atoms with van der Waals surface area (Å²) in [6, 6.07) is 6.27. The van der Waals surface area contributed by atoms with Gasteiger partial charge in [0.15, 0.2) is 5.82 Å². The SMILES string of the molecule is Nc1nc(N)nc(-c2ccc3c(c2)CCC3)n1. The van der Waals surface area contributed by atoms with Crippen LogP contribution < -0.4 is 11.5 Å². The number of hydrogen-bond acceptors (Lipinski definition) is 5. The van der Waals surface area contributed by atoms with Gasteiger partial charge in [0.05, 0.1) is 0 Å². The minimum Gasteiger partial charge on any atom is -0.368 e. The fourth-order valence-electron chi connectivity index (χ4n) is 2.25. The zero-order valence-electron chi connectivity index (χ0n) is 9.35. The average molecular weight is 227 g/mol. The van der Waals surface area contributed by atoms with E-state index in [1.54, 1.807) is 0 Å². The molecule has 0 fully saturated rings. The molecule has 0 aliphatic heterocycles. The van der Waals surface area contributed by atoms with Crippen LogP contribution in [0.3, 0.4) is 0 Å². The zero-order valence-corrected chi connectivity index (χ0v) is 9.35. The normalized spacial score (nSPS) is 13.6. The maximum Gasteiger partial charge on any atom is 0.225 e. The third kappa shape index (κ3) is 1.80. The number of nitrogens with zero attached hydrogens (tertiary/aromatic N) is 3. The summed E-state index contributed by atoms with van der Waals surface area (Å²) in [6.07, 6.45) is 3.51. The fraction of sp³-hybridized carbons (Fsp3) is 0.250. The van der Waals surface area contributed by atoms with Gasteiger partial charge in [-0.25, -0.2) is 0 Å². The van der Waals surface area contributed by atoms with Gasteiger partial charge < -0.3 is 11.5 Å². The zero-order chi connectivity index (χ0) is 11.8. The molecule has 0 saturated heterocycles. The first-order chi connectivity index (χ1) is 8.22. The van der Waals surface area contributed by atoms with Crippen molar-refractivity contribution in [3.63, 3.8) is 0 Å². The van der Waals surface area contributed by atoms with E-state index in [0.717, 1.165) is 18.4 Å². The Morgan fingerprint density at radius 3 is 2.35 bits per heavy atom. The number of aromatic nitrogens is 3. The van der Waals surface area contributed by atoms with E-state index in [1.165, 1.54) is 17.5 Å². The van der Waals surface area contributed by atoms with Crippen LogP contribution in [0.25, 0.3) is 11.4 Å². The molecule has 17 heavy (non-hydrogen) atoms. The standard InChI is InChI=1S/C12H13N5/c13-11-15-10(16-12(14)17-11)9-5-4-7-2-1-3-8(7)6-9/h4-6H,1-3H2,(H4,13,14,15,16,17). The molecule has 1 aliphatic carbocycles. The van der Waals surface area contributed by atoms with Gasteiger partial charge in [-0.05, 0) is 36.5 Å². The first-order valence-corrected chi connectivity index (χ1v) is 5.61. The lowest BCUT2D eigenvalue weighted by Crippen LogP contribution is -2.04. The average Bonchev–Trinajstić information content (AvgIpc) is 2.74. The Labute approximate surface area is 98.9 Å². The summed E-state index contributed by atoms with van der Waals surface area (Å²) in [4.78, 5) is 12.0. The van der Waals surface area contributed by atoms with Crippen LogP contribution in [0.5, 0.6) is 0 Å². The lowest BCUT2D eigenvalue weighted by atomic mass is 10.1. The summed E-state index contributed by atoms with van der Waals surface area (Å²) in [5.41, 5.74) is 14.9. The molecule has 3 rings (SSSR count). The number of fused-ring (bicyclic) bond motifs is 1. The van der Waals surface area contributed by atoms with E-state index in [9.17, 15) is 0 Å². The molecular weight excluding hydrogens is 214 g/mol. The molecule has 5 nitrogen and oxygen atoms in total. The lowest BCUT2D eigenvalue weighted by molar-refractivity contribution is 0.912. The molecule has 0 atom stereocenters. The van der Waals surface area contributed by atoms with Crippen LogP contribution in [0.4, 0.5) is 11.9 Å². The van der Waals surface area contributed by atoms with Crippen LogP contribution in [-0.4, -0.2) is 15.0 Å². The molecule has 4 N–H and O–H groups in total. The fourth-order valence-corrected chi connectivity index (χ4v) is 2.25. The van der Waals surface area contributed by atoms with Gasteiger partial charge >= 0.3 is 0 Å². The molecule has 1 aliphatic rings. The highest BCUT2D eigenvalue weighted by molar-refractivity contribution is 5.60. The molecule has 2 aromatic rings. The molecule has 0 bridgehead atoms. The summed E-state index contributed by atoms with van der Waals surface area (Å²) in [5.74, 6) is 0.866. The van der Waals surface area contributed by atoms with Crippen LogP contribution in [-0.2, 0) is 12.8 Å². The van der Waals surface area contributed by atoms with Crippen molar-refractivity contribution in [1.29, 1.82) is 0 Å². The Morgan fingerprint density at radius 1 is 0.882 bits per heavy atom. The van der Waals surface area contributed by atoms with Gasteiger partial charge in [0, 0.05) is 5.56 Å². The number of benzene rings is 1. The predicted octanol–water partition coefficient (Wildman–Crippen LogP) is 1.19. The van der Waals surface area contributed by atoms with Gasteiger partial charge in [-0.3, -0.25) is 0 Å². The topological polar surface area (TPSA) is 90.7 Å². The van der Waals surface area contributed by atoms with Gasteiger partial charge in [-0.2, -0.15) is 15.0 Å². The lowest BCUT2D eigenvalue weighted by Gasteiger charge is -2.04. The summed E-state index contributed by atoms with van der Waals surface area (Å²) in [5, 5.41) is 0. The molecule has 0 unspecified atom stereocenters. The second kappa shape index (κ2) is 3.69. The van der Waals surface area contributed by atoms with Crippen molar-refractivity contribution in [3.05, 3.63) is 29.3 Å². The van der Waals surface area contributed by atoms with Gasteiger partial charge in [0.1, 0.15) is 0 Å². The highest BCUT2D eigenvalue weighted by Gasteiger charge is 2.13. The molecule has 1 aromatic heterocycles. The maximum atomic E-state index is 5.57. The molecule has 0 amide bonds. The van der Waals surface area contributed by atoms with Crippen molar-refractivity contribution in [2.75, 3.05) is 11.5 Å². The molecule has 0 spiro atoms. The second-order valence-corrected chi connectivity index (χ2v) is 4.21. The quantitative estimate of drug-likeness (QED) is 0.763. The Kier molecular flexibility index (Phi) is 2.18. The molecule has 1 aromatic carbocycles. The van der Waals surface area contributed by atoms with Crippen LogP contribution in [0, 0.1) is 0 Å². The largest absolute Gasteiger partial charge is 0.368 e. The number of rotatable bonds is 1. The van der Waals surface area contributed by atoms with Crippen molar-refractivity contribution in [1.82, 2.24) is 15.0 Å². The molecule has 86 valence electrons. The molecule has 1 heterocycles. The van der Waals surface area contributed by atoms with Crippen molar-refractivity contribution < 1.29 is 0 Å². The molecular formula is C12H13N5. The van der Waals surface area contributed by atoms with Gasteiger partial charge in [0.25, 0.3) is 0 Å². The third-order valence-electron chi connectivity index (χ3n) is 3.03. The van der Waals surface area contributed by atoms with Crippen LogP contribution in [0.1, 0.15) is 17.5 Å².